The summed E-state index contributed by atoms with van der Waals surface area (Å²) in [6, 6.07) is 4.37. The fraction of sp³-hybridized carbons (Fsp3) is 0.654. The first kappa shape index (κ1) is 25.4. The Labute approximate surface area is 214 Å². The maximum Gasteiger partial charge on any atom is 0.435 e. The SMILES string of the molecule is O=C(NCC1(c2cccnc2)CCCCC1)c1sc(N2CCC(N3CCCC3)CC2)nc1C(F)(F)F. The van der Waals surface area contributed by atoms with Crippen LogP contribution in [0.5, 0.6) is 0 Å². The van der Waals surface area contributed by atoms with E-state index in [9.17, 15) is 18.0 Å². The van der Waals surface area contributed by atoms with E-state index in [2.05, 4.69) is 20.2 Å². The van der Waals surface area contributed by atoms with Crippen LogP contribution in [-0.4, -0.2) is 59.5 Å². The third-order valence-electron chi connectivity index (χ3n) is 8.15. The molecule has 0 radical (unpaired) electrons. The second-order valence-electron chi connectivity index (χ2n) is 10.4. The second-order valence-corrected chi connectivity index (χ2v) is 11.4. The molecule has 0 unspecified atom stereocenters. The van der Waals surface area contributed by atoms with Gasteiger partial charge in [-0.25, -0.2) is 4.98 Å². The molecule has 3 aliphatic rings. The number of nitrogens with zero attached hydrogens (tertiary/aromatic N) is 4. The van der Waals surface area contributed by atoms with Gasteiger partial charge < -0.3 is 15.1 Å². The Morgan fingerprint density at radius 3 is 2.44 bits per heavy atom. The average molecular weight is 522 g/mol. The lowest BCUT2D eigenvalue weighted by Gasteiger charge is -2.37. The van der Waals surface area contributed by atoms with Crippen molar-refractivity contribution in [3.8, 4) is 0 Å². The van der Waals surface area contributed by atoms with Crippen molar-refractivity contribution >= 4 is 22.4 Å². The van der Waals surface area contributed by atoms with Gasteiger partial charge in [-0.15, -0.1) is 0 Å². The highest BCUT2D eigenvalue weighted by Gasteiger charge is 2.42. The number of nitrogens with one attached hydrogen (secondary N) is 1. The molecule has 1 saturated carbocycles. The van der Waals surface area contributed by atoms with Crippen molar-refractivity contribution in [1.29, 1.82) is 0 Å². The lowest BCUT2D eigenvalue weighted by molar-refractivity contribution is -0.141. The predicted octanol–water partition coefficient (Wildman–Crippen LogP) is 5.25. The molecule has 36 heavy (non-hydrogen) atoms. The van der Waals surface area contributed by atoms with Gasteiger partial charge in [0, 0.05) is 43.5 Å². The molecule has 6 nitrogen and oxygen atoms in total. The molecule has 1 amide bonds. The van der Waals surface area contributed by atoms with Crippen LogP contribution in [0.1, 0.15) is 78.7 Å². The average Bonchev–Trinajstić information content (AvgIpc) is 3.59. The Hall–Kier alpha value is -2.20. The van der Waals surface area contributed by atoms with Crippen molar-refractivity contribution in [2.75, 3.05) is 37.6 Å². The number of thiazole rings is 1. The number of amides is 1. The molecule has 2 aliphatic heterocycles. The molecule has 1 aliphatic carbocycles. The second kappa shape index (κ2) is 10.7. The van der Waals surface area contributed by atoms with Crippen molar-refractivity contribution in [2.24, 2.45) is 0 Å². The minimum atomic E-state index is -4.68. The topological polar surface area (TPSA) is 61.4 Å². The van der Waals surface area contributed by atoms with E-state index in [1.54, 1.807) is 6.20 Å². The molecule has 196 valence electrons. The van der Waals surface area contributed by atoms with Crippen molar-refractivity contribution < 1.29 is 18.0 Å². The molecule has 0 aromatic carbocycles. The van der Waals surface area contributed by atoms with E-state index in [0.717, 1.165) is 74.9 Å². The molecular weight excluding hydrogens is 487 g/mol. The van der Waals surface area contributed by atoms with Crippen LogP contribution in [0.2, 0.25) is 0 Å². The monoisotopic (exact) mass is 521 g/mol. The molecule has 3 fully saturated rings. The summed E-state index contributed by atoms with van der Waals surface area (Å²) in [5.41, 5.74) is -0.335. The van der Waals surface area contributed by atoms with E-state index in [-0.39, 0.29) is 10.3 Å². The lowest BCUT2D eigenvalue weighted by Crippen LogP contribution is -2.43. The number of carbonyl (C=O) groups is 1. The zero-order chi connectivity index (χ0) is 25.2. The van der Waals surface area contributed by atoms with Crippen molar-refractivity contribution in [1.82, 2.24) is 20.2 Å². The van der Waals surface area contributed by atoms with Crippen LogP contribution >= 0.6 is 11.3 Å². The number of pyridine rings is 1. The smallest absolute Gasteiger partial charge is 0.350 e. The minimum Gasteiger partial charge on any atom is -0.350 e. The normalized spacial score (nSPS) is 21.6. The fourth-order valence-electron chi connectivity index (χ4n) is 6.12. The summed E-state index contributed by atoms with van der Waals surface area (Å²) < 4.78 is 41.8. The van der Waals surface area contributed by atoms with Gasteiger partial charge in [0.1, 0.15) is 4.88 Å². The number of carbonyl (C=O) groups excluding carboxylic acids is 1. The fourth-order valence-corrected chi connectivity index (χ4v) is 7.18. The number of alkyl halides is 3. The number of piperidine rings is 1. The predicted molar refractivity (Wildman–Crippen MR) is 134 cm³/mol. The molecule has 0 spiro atoms. The Balaban J connectivity index is 1.31. The van der Waals surface area contributed by atoms with E-state index in [0.29, 0.717) is 30.8 Å². The standard InChI is InChI=1S/C26H34F3N5OS/c27-26(28,29)22-21(36-24(32-22)34-15-8-20(9-16-34)33-13-4-5-14-33)23(35)31-18-25(10-2-1-3-11-25)19-7-6-12-30-17-19/h6-7,12,17,20H,1-5,8-11,13-16,18H2,(H,31,35). The van der Waals surface area contributed by atoms with Gasteiger partial charge in [0.05, 0.1) is 0 Å². The molecule has 10 heteroatoms. The molecule has 0 atom stereocenters. The van der Waals surface area contributed by atoms with Crippen molar-refractivity contribution in [3.05, 3.63) is 40.7 Å². The van der Waals surface area contributed by atoms with Crippen LogP contribution in [0.4, 0.5) is 18.3 Å². The van der Waals surface area contributed by atoms with Crippen molar-refractivity contribution in [2.45, 2.75) is 75.4 Å². The highest BCUT2D eigenvalue weighted by atomic mass is 32.1. The summed E-state index contributed by atoms with van der Waals surface area (Å²) in [6.07, 6.45) is 8.05. The number of hydrogen-bond acceptors (Lipinski definition) is 6. The number of anilines is 1. The number of likely N-dealkylation sites (tertiary alicyclic amines) is 1. The lowest BCUT2D eigenvalue weighted by atomic mass is 9.70. The van der Waals surface area contributed by atoms with E-state index < -0.39 is 17.8 Å². The highest BCUT2D eigenvalue weighted by Crippen LogP contribution is 2.40. The first-order valence-corrected chi connectivity index (χ1v) is 13.9. The molecule has 5 rings (SSSR count). The van der Waals surface area contributed by atoms with Crippen LogP contribution < -0.4 is 10.2 Å². The molecule has 2 aromatic rings. The van der Waals surface area contributed by atoms with Crippen molar-refractivity contribution in [3.63, 3.8) is 0 Å². The van der Waals surface area contributed by atoms with Gasteiger partial charge >= 0.3 is 6.18 Å². The van der Waals surface area contributed by atoms with Crippen LogP contribution in [-0.2, 0) is 11.6 Å². The molecular formula is C26H34F3N5OS. The Kier molecular flexibility index (Phi) is 7.53. The van der Waals surface area contributed by atoms with E-state index in [1.165, 1.54) is 12.8 Å². The van der Waals surface area contributed by atoms with E-state index in [1.807, 2.05) is 23.2 Å². The van der Waals surface area contributed by atoms with Gasteiger partial charge in [0.2, 0.25) is 0 Å². The first-order valence-electron chi connectivity index (χ1n) is 13.1. The minimum absolute atomic E-state index is 0.295. The van der Waals surface area contributed by atoms with Crippen LogP contribution in [0.3, 0.4) is 0 Å². The Bertz CT molecular complexity index is 1020. The molecule has 0 bridgehead atoms. The van der Waals surface area contributed by atoms with Gasteiger partial charge in [0.15, 0.2) is 10.8 Å². The maximum absolute atomic E-state index is 13.9. The van der Waals surface area contributed by atoms with Crippen LogP contribution in [0.15, 0.2) is 24.5 Å². The van der Waals surface area contributed by atoms with E-state index in [4.69, 9.17) is 0 Å². The first-order chi connectivity index (χ1) is 17.4. The third-order valence-corrected chi connectivity index (χ3v) is 9.27. The summed E-state index contributed by atoms with van der Waals surface area (Å²) >= 11 is 0.873. The van der Waals surface area contributed by atoms with Crippen LogP contribution in [0, 0.1) is 0 Å². The number of rotatable bonds is 6. The molecule has 1 N–H and O–H groups in total. The van der Waals surface area contributed by atoms with E-state index >= 15 is 0 Å². The number of hydrogen-bond donors (Lipinski definition) is 1. The molecule has 2 aromatic heterocycles. The highest BCUT2D eigenvalue weighted by molar-refractivity contribution is 7.17. The largest absolute Gasteiger partial charge is 0.435 e. The molecule has 2 saturated heterocycles. The number of halogens is 3. The van der Waals surface area contributed by atoms with Gasteiger partial charge in [-0.3, -0.25) is 9.78 Å². The summed E-state index contributed by atoms with van der Waals surface area (Å²) in [5.74, 6) is -0.688. The molecule has 4 heterocycles. The number of aromatic nitrogens is 2. The van der Waals surface area contributed by atoms with Gasteiger partial charge in [-0.2, -0.15) is 13.2 Å². The summed E-state index contributed by atoms with van der Waals surface area (Å²) in [5, 5.41) is 3.16. The zero-order valence-corrected chi connectivity index (χ0v) is 21.3. The van der Waals surface area contributed by atoms with Gasteiger partial charge in [-0.1, -0.05) is 36.7 Å². The summed E-state index contributed by atoms with van der Waals surface area (Å²) in [7, 11) is 0. The maximum atomic E-state index is 13.9. The zero-order valence-electron chi connectivity index (χ0n) is 20.5. The summed E-state index contributed by atoms with van der Waals surface area (Å²) in [4.78, 5) is 25.5. The summed E-state index contributed by atoms with van der Waals surface area (Å²) in [6.45, 7) is 3.85. The third kappa shape index (κ3) is 5.39. The Morgan fingerprint density at radius 1 is 1.08 bits per heavy atom. The van der Waals surface area contributed by atoms with Gasteiger partial charge in [-0.05, 0) is 63.2 Å². The van der Waals surface area contributed by atoms with Gasteiger partial charge in [0.25, 0.3) is 5.91 Å². The Morgan fingerprint density at radius 2 is 1.81 bits per heavy atom. The quantitative estimate of drug-likeness (QED) is 0.563. The van der Waals surface area contributed by atoms with Crippen LogP contribution in [0.25, 0.3) is 0 Å².